The average molecular weight is 343 g/mol. The molecular formula is C17H27ClN2OS. The van der Waals surface area contributed by atoms with Gasteiger partial charge in [0.05, 0.1) is 0 Å². The van der Waals surface area contributed by atoms with E-state index in [2.05, 4.69) is 20.8 Å². The number of piperidine rings is 1. The summed E-state index contributed by atoms with van der Waals surface area (Å²) in [7, 11) is 0. The van der Waals surface area contributed by atoms with E-state index in [1.54, 1.807) is 0 Å². The van der Waals surface area contributed by atoms with Crippen molar-refractivity contribution < 1.29 is 4.79 Å². The number of carbonyl (C=O) groups is 1. The molecule has 0 aliphatic carbocycles. The first-order valence-corrected chi connectivity index (χ1v) is 8.67. The quantitative estimate of drug-likeness (QED) is 0.846. The molecule has 2 rings (SSSR count). The van der Waals surface area contributed by atoms with Crippen molar-refractivity contribution in [1.29, 1.82) is 0 Å². The van der Waals surface area contributed by atoms with Gasteiger partial charge in [-0.25, -0.2) is 0 Å². The normalized spacial score (nSPS) is 21.6. The second-order valence-electron chi connectivity index (χ2n) is 6.21. The topological polar surface area (TPSA) is 46.3 Å². The maximum absolute atomic E-state index is 12.7. The van der Waals surface area contributed by atoms with E-state index < -0.39 is 0 Å². The fraction of sp³-hybridized carbons (Fsp3) is 0.588. The molecule has 22 heavy (non-hydrogen) atoms. The Bertz CT molecular complexity index is 478. The predicted octanol–water partition coefficient (Wildman–Crippen LogP) is 3.81. The van der Waals surface area contributed by atoms with Gasteiger partial charge in [0.15, 0.2) is 0 Å². The molecule has 0 saturated carbocycles. The zero-order valence-corrected chi connectivity index (χ0v) is 15.3. The summed E-state index contributed by atoms with van der Waals surface area (Å²) in [6, 6.07) is 8.16. The van der Waals surface area contributed by atoms with Crippen molar-refractivity contribution in [3.8, 4) is 0 Å². The largest absolute Gasteiger partial charge is 0.334 e. The van der Waals surface area contributed by atoms with Crippen molar-refractivity contribution in [2.75, 3.05) is 13.1 Å². The van der Waals surface area contributed by atoms with Gasteiger partial charge < -0.3 is 10.6 Å². The fourth-order valence-electron chi connectivity index (χ4n) is 2.86. The number of nitrogens with two attached hydrogens (primary N) is 1. The number of rotatable bonds is 4. The van der Waals surface area contributed by atoms with E-state index in [0.717, 1.165) is 24.9 Å². The minimum absolute atomic E-state index is 0. The van der Waals surface area contributed by atoms with Crippen molar-refractivity contribution in [1.82, 2.24) is 4.90 Å². The molecule has 1 aromatic carbocycles. The van der Waals surface area contributed by atoms with E-state index in [4.69, 9.17) is 5.73 Å². The second-order valence-corrected chi connectivity index (χ2v) is 7.86. The minimum Gasteiger partial charge on any atom is -0.334 e. The van der Waals surface area contributed by atoms with Gasteiger partial charge in [-0.2, -0.15) is 0 Å². The molecule has 1 heterocycles. The van der Waals surface area contributed by atoms with Crippen LogP contribution in [0, 0.1) is 5.92 Å². The van der Waals surface area contributed by atoms with Crippen LogP contribution >= 0.6 is 24.2 Å². The van der Waals surface area contributed by atoms with Gasteiger partial charge >= 0.3 is 0 Å². The summed E-state index contributed by atoms with van der Waals surface area (Å²) in [6.45, 7) is 7.96. The standard InChI is InChI=1S/C17H26N2OS.ClH/c1-12(2)21-16-6-4-14(5-7-16)17(20)19-9-8-13(3)10-15(19)11-18;/h4-7,12-13,15H,8-11,18H2,1-3H3;1H. The number of nitrogens with zero attached hydrogens (tertiary/aromatic N) is 1. The Morgan fingerprint density at radius 1 is 1.36 bits per heavy atom. The van der Waals surface area contributed by atoms with Crippen LogP contribution in [0.25, 0.3) is 0 Å². The number of thioether (sulfide) groups is 1. The number of benzene rings is 1. The number of hydrogen-bond acceptors (Lipinski definition) is 3. The van der Waals surface area contributed by atoms with Crippen LogP contribution in [-0.2, 0) is 0 Å². The third kappa shape index (κ3) is 4.90. The molecule has 2 unspecified atom stereocenters. The molecule has 124 valence electrons. The Labute approximate surface area is 144 Å². The minimum atomic E-state index is 0. The summed E-state index contributed by atoms with van der Waals surface area (Å²) in [4.78, 5) is 15.8. The lowest BCUT2D eigenvalue weighted by Crippen LogP contribution is -2.49. The Balaban J connectivity index is 0.00000242. The first-order chi connectivity index (χ1) is 10.0. The van der Waals surface area contributed by atoms with Gasteiger partial charge in [0.2, 0.25) is 0 Å². The van der Waals surface area contributed by atoms with E-state index in [0.29, 0.717) is 17.7 Å². The molecule has 0 aromatic heterocycles. The van der Waals surface area contributed by atoms with Crippen molar-refractivity contribution >= 4 is 30.1 Å². The number of amides is 1. The molecule has 0 bridgehead atoms. The summed E-state index contributed by atoms with van der Waals surface area (Å²) in [5, 5.41) is 0.553. The first kappa shape index (κ1) is 19.3. The molecule has 0 radical (unpaired) electrons. The SMILES string of the molecule is CC1CCN(C(=O)c2ccc(SC(C)C)cc2)C(CN)C1.Cl. The Kier molecular flexibility index (Phi) is 7.74. The smallest absolute Gasteiger partial charge is 0.254 e. The maximum atomic E-state index is 12.7. The van der Waals surface area contributed by atoms with Crippen LogP contribution in [0.5, 0.6) is 0 Å². The molecule has 0 spiro atoms. The summed E-state index contributed by atoms with van der Waals surface area (Å²) in [5.41, 5.74) is 6.63. The fourth-order valence-corrected chi connectivity index (χ4v) is 3.69. The third-order valence-electron chi connectivity index (χ3n) is 3.98. The van der Waals surface area contributed by atoms with E-state index in [9.17, 15) is 4.79 Å². The maximum Gasteiger partial charge on any atom is 0.254 e. The average Bonchev–Trinajstić information content (AvgIpc) is 2.46. The zero-order valence-electron chi connectivity index (χ0n) is 13.6. The molecule has 2 N–H and O–H groups in total. The van der Waals surface area contributed by atoms with E-state index in [1.807, 2.05) is 40.9 Å². The highest BCUT2D eigenvalue weighted by atomic mass is 35.5. The molecule has 5 heteroatoms. The van der Waals surface area contributed by atoms with Crippen LogP contribution < -0.4 is 5.73 Å². The highest BCUT2D eigenvalue weighted by molar-refractivity contribution is 7.99. The molecule has 1 saturated heterocycles. The van der Waals surface area contributed by atoms with E-state index >= 15 is 0 Å². The van der Waals surface area contributed by atoms with Crippen LogP contribution in [-0.4, -0.2) is 35.2 Å². The van der Waals surface area contributed by atoms with Crippen LogP contribution in [0.15, 0.2) is 29.2 Å². The van der Waals surface area contributed by atoms with Crippen molar-refractivity contribution in [2.24, 2.45) is 11.7 Å². The van der Waals surface area contributed by atoms with Crippen molar-refractivity contribution in [3.05, 3.63) is 29.8 Å². The number of halogens is 1. The molecule has 3 nitrogen and oxygen atoms in total. The molecule has 1 aromatic rings. The molecule has 1 aliphatic rings. The number of hydrogen-bond donors (Lipinski definition) is 1. The van der Waals surface area contributed by atoms with Crippen molar-refractivity contribution in [3.63, 3.8) is 0 Å². The first-order valence-electron chi connectivity index (χ1n) is 7.79. The summed E-state index contributed by atoms with van der Waals surface area (Å²) in [5.74, 6) is 0.783. The highest BCUT2D eigenvalue weighted by Crippen LogP contribution is 2.26. The van der Waals surface area contributed by atoms with Crippen LogP contribution in [0.1, 0.15) is 44.0 Å². The number of likely N-dealkylation sites (tertiary alicyclic amines) is 1. The van der Waals surface area contributed by atoms with E-state index in [-0.39, 0.29) is 24.4 Å². The van der Waals surface area contributed by atoms with Gasteiger partial charge in [-0.05, 0) is 43.0 Å². The van der Waals surface area contributed by atoms with Gasteiger partial charge in [0, 0.05) is 34.8 Å². The molecule has 2 atom stereocenters. The van der Waals surface area contributed by atoms with E-state index in [1.165, 1.54) is 4.90 Å². The lowest BCUT2D eigenvalue weighted by molar-refractivity contribution is 0.0573. The van der Waals surface area contributed by atoms with Crippen LogP contribution in [0.2, 0.25) is 0 Å². The Hall–Kier alpha value is -0.710. The van der Waals surface area contributed by atoms with Crippen LogP contribution in [0.4, 0.5) is 0 Å². The third-order valence-corrected chi connectivity index (χ3v) is 5.00. The summed E-state index contributed by atoms with van der Waals surface area (Å²) in [6.07, 6.45) is 2.09. The van der Waals surface area contributed by atoms with Gasteiger partial charge in [-0.3, -0.25) is 4.79 Å². The predicted molar refractivity (Wildman–Crippen MR) is 97.0 cm³/mol. The van der Waals surface area contributed by atoms with Gasteiger partial charge in [-0.15, -0.1) is 24.2 Å². The monoisotopic (exact) mass is 342 g/mol. The second kappa shape index (κ2) is 8.80. The van der Waals surface area contributed by atoms with Gasteiger partial charge in [-0.1, -0.05) is 20.8 Å². The lowest BCUT2D eigenvalue weighted by Gasteiger charge is -2.38. The lowest BCUT2D eigenvalue weighted by atomic mass is 9.92. The Morgan fingerprint density at radius 2 is 2.00 bits per heavy atom. The molecule has 1 fully saturated rings. The summed E-state index contributed by atoms with van der Waals surface area (Å²) >= 11 is 1.81. The highest BCUT2D eigenvalue weighted by Gasteiger charge is 2.29. The van der Waals surface area contributed by atoms with Crippen molar-refractivity contribution in [2.45, 2.75) is 49.8 Å². The molecule has 1 amide bonds. The van der Waals surface area contributed by atoms with Gasteiger partial charge in [0.1, 0.15) is 0 Å². The summed E-state index contributed by atoms with van der Waals surface area (Å²) < 4.78 is 0. The van der Waals surface area contributed by atoms with Gasteiger partial charge in [0.25, 0.3) is 5.91 Å². The zero-order chi connectivity index (χ0) is 15.4. The van der Waals surface area contributed by atoms with Crippen LogP contribution in [0.3, 0.4) is 0 Å². The number of carbonyl (C=O) groups excluding carboxylic acids is 1. The molecular weight excluding hydrogens is 316 g/mol. The molecule has 1 aliphatic heterocycles. The Morgan fingerprint density at radius 3 is 2.55 bits per heavy atom.